The summed E-state index contributed by atoms with van der Waals surface area (Å²) in [6.45, 7) is 3.82. The number of benzene rings is 2. The summed E-state index contributed by atoms with van der Waals surface area (Å²) in [5.74, 6) is -0.260. The Morgan fingerprint density at radius 2 is 1.76 bits per heavy atom. The summed E-state index contributed by atoms with van der Waals surface area (Å²) in [4.78, 5) is 6.92. The summed E-state index contributed by atoms with van der Waals surface area (Å²) < 4.78 is 41.3. The van der Waals surface area contributed by atoms with Gasteiger partial charge in [-0.25, -0.2) is 13.8 Å². The Labute approximate surface area is 220 Å². The summed E-state index contributed by atoms with van der Waals surface area (Å²) >= 11 is 0. The van der Waals surface area contributed by atoms with E-state index in [1.165, 1.54) is 6.07 Å². The Kier molecular flexibility index (Phi) is 6.44. The molecule has 2 aliphatic rings. The number of imidazole rings is 1. The number of hydrogen-bond donors (Lipinski definition) is 1. The van der Waals surface area contributed by atoms with Crippen molar-refractivity contribution in [2.24, 2.45) is 0 Å². The molecule has 4 aromatic rings. The van der Waals surface area contributed by atoms with Gasteiger partial charge in [-0.05, 0) is 82.2 Å². The third kappa shape index (κ3) is 4.18. The van der Waals surface area contributed by atoms with Crippen LogP contribution in [0.5, 0.6) is 0 Å². The molecule has 1 saturated heterocycles. The Morgan fingerprint density at radius 3 is 2.45 bits per heavy atom. The average molecular weight is 523 g/mol. The Morgan fingerprint density at radius 1 is 0.974 bits per heavy atom. The second-order valence-corrected chi connectivity index (χ2v) is 10.5. The van der Waals surface area contributed by atoms with Crippen LogP contribution in [-0.4, -0.2) is 39.3 Å². The molecule has 2 aromatic carbocycles. The minimum absolute atomic E-state index is 0.218. The summed E-state index contributed by atoms with van der Waals surface area (Å²) in [7, 11) is 1.76. The van der Waals surface area contributed by atoms with Crippen molar-refractivity contribution in [1.29, 1.82) is 0 Å². The summed E-state index contributed by atoms with van der Waals surface area (Å²) in [6.07, 6.45) is 4.39. The van der Waals surface area contributed by atoms with E-state index in [0.717, 1.165) is 77.3 Å². The van der Waals surface area contributed by atoms with Crippen molar-refractivity contribution in [3.63, 3.8) is 0 Å². The van der Waals surface area contributed by atoms with Crippen LogP contribution in [0.15, 0.2) is 40.9 Å². The molecule has 0 bridgehead atoms. The molecule has 2 aromatic heterocycles. The number of aromatic nitrogens is 3. The Bertz CT molecular complexity index is 1450. The highest BCUT2D eigenvalue weighted by Gasteiger charge is 2.38. The smallest absolute Gasteiger partial charge is 0.160 e. The number of rotatable bonds is 5. The molecule has 1 aliphatic heterocycles. The van der Waals surface area contributed by atoms with Crippen molar-refractivity contribution in [3.8, 4) is 11.1 Å². The Balaban J connectivity index is 1.48. The van der Waals surface area contributed by atoms with Gasteiger partial charge in [-0.3, -0.25) is 0 Å². The van der Waals surface area contributed by atoms with Gasteiger partial charge < -0.3 is 23.8 Å². The lowest BCUT2D eigenvalue weighted by molar-refractivity contribution is 0.0584. The summed E-state index contributed by atoms with van der Waals surface area (Å²) in [5.41, 5.74) is 5.07. The van der Waals surface area contributed by atoms with E-state index in [1.54, 1.807) is 12.0 Å². The first kappa shape index (κ1) is 25.0. The van der Waals surface area contributed by atoms with Gasteiger partial charge in [-0.2, -0.15) is 0 Å². The first-order valence-corrected chi connectivity index (χ1v) is 13.2. The minimum Gasteiger partial charge on any atom is -0.381 e. The minimum atomic E-state index is -0.934. The molecule has 1 N–H and O–H groups in total. The molecule has 200 valence electrons. The third-order valence-electron chi connectivity index (χ3n) is 8.24. The van der Waals surface area contributed by atoms with Crippen LogP contribution in [0.25, 0.3) is 22.2 Å². The van der Waals surface area contributed by atoms with E-state index in [-0.39, 0.29) is 18.2 Å². The van der Waals surface area contributed by atoms with E-state index >= 15 is 0 Å². The fraction of sp³-hybridized carbons (Fsp3) is 0.448. The predicted molar refractivity (Wildman–Crippen MR) is 140 cm³/mol. The zero-order valence-corrected chi connectivity index (χ0v) is 21.8. The van der Waals surface area contributed by atoms with Crippen LogP contribution in [0.1, 0.15) is 67.9 Å². The van der Waals surface area contributed by atoms with Gasteiger partial charge in [-0.15, -0.1) is 0 Å². The van der Waals surface area contributed by atoms with Gasteiger partial charge in [0.25, 0.3) is 0 Å². The number of fused-ring (bicyclic) bond motifs is 1. The third-order valence-corrected chi connectivity index (χ3v) is 8.24. The van der Waals surface area contributed by atoms with Gasteiger partial charge in [0.1, 0.15) is 17.8 Å². The summed E-state index contributed by atoms with van der Waals surface area (Å²) in [5, 5.41) is 15.1. The van der Waals surface area contributed by atoms with Crippen LogP contribution in [0, 0.1) is 25.5 Å². The molecule has 0 spiro atoms. The van der Waals surface area contributed by atoms with Crippen LogP contribution < -0.4 is 4.90 Å². The van der Waals surface area contributed by atoms with E-state index in [2.05, 4.69) is 27.9 Å². The van der Waals surface area contributed by atoms with Gasteiger partial charge in [0.05, 0.1) is 28.9 Å². The lowest BCUT2D eigenvalue weighted by atomic mass is 9.92. The van der Waals surface area contributed by atoms with Crippen molar-refractivity contribution in [2.75, 3.05) is 12.0 Å². The number of aliphatic hydroxyl groups excluding tert-OH is 1. The number of hydrogen-bond acceptors (Lipinski definition) is 6. The maximum atomic E-state index is 14.2. The normalized spacial score (nSPS) is 24.0. The summed E-state index contributed by atoms with van der Waals surface area (Å²) in [6, 6.07) is 9.96. The topological polar surface area (TPSA) is 76.6 Å². The number of nitrogens with zero attached hydrogens (tertiary/aromatic N) is 4. The van der Waals surface area contributed by atoms with Crippen LogP contribution in [0.3, 0.4) is 0 Å². The van der Waals surface area contributed by atoms with E-state index in [9.17, 15) is 13.9 Å². The molecule has 6 rings (SSSR count). The van der Waals surface area contributed by atoms with Gasteiger partial charge in [0, 0.05) is 30.5 Å². The maximum absolute atomic E-state index is 14.2. The predicted octanol–water partition coefficient (Wildman–Crippen LogP) is 6.38. The molecule has 3 heterocycles. The molecule has 38 heavy (non-hydrogen) atoms. The van der Waals surface area contributed by atoms with E-state index in [4.69, 9.17) is 14.2 Å². The number of aliphatic hydroxyl groups is 1. The largest absolute Gasteiger partial charge is 0.381 e. The quantitative estimate of drug-likeness (QED) is 0.328. The van der Waals surface area contributed by atoms with Crippen LogP contribution in [0.4, 0.5) is 14.5 Å². The molecule has 1 saturated carbocycles. The molecule has 1 unspecified atom stereocenters. The van der Waals surface area contributed by atoms with Crippen molar-refractivity contribution in [3.05, 3.63) is 65.3 Å². The zero-order chi connectivity index (χ0) is 26.6. The van der Waals surface area contributed by atoms with Gasteiger partial charge in [-0.1, -0.05) is 11.2 Å². The van der Waals surface area contributed by atoms with Crippen molar-refractivity contribution >= 4 is 16.7 Å². The van der Waals surface area contributed by atoms with Crippen molar-refractivity contribution < 1.29 is 23.1 Å². The standard InChI is InChI=1S/C29H32F2N4O3/c1-16-28(17(2)38-33-16)18-4-11-25-24(14-18)32-29(35(25)19-5-8-21(37-3)9-6-19)26-12-13-27(36)34(26)20-7-10-22(30)23(31)15-20/h4,7,10-11,14-15,19,21,26-27,36H,5-6,8-9,12-13H2,1-3H3/t19-,21-,26-,27?/m0/s1. The van der Waals surface area contributed by atoms with E-state index in [0.29, 0.717) is 18.5 Å². The highest BCUT2D eigenvalue weighted by atomic mass is 19.2. The monoisotopic (exact) mass is 522 g/mol. The first-order valence-electron chi connectivity index (χ1n) is 13.2. The molecule has 0 amide bonds. The van der Waals surface area contributed by atoms with Gasteiger partial charge >= 0.3 is 0 Å². The zero-order valence-electron chi connectivity index (χ0n) is 21.8. The van der Waals surface area contributed by atoms with Crippen LogP contribution in [0.2, 0.25) is 0 Å². The van der Waals surface area contributed by atoms with Crippen LogP contribution in [-0.2, 0) is 4.74 Å². The molecular formula is C29H32F2N4O3. The molecule has 2 fully saturated rings. The SMILES string of the molecule is CO[C@H]1CC[C@H](n2c([C@@H]3CCC(O)N3c3ccc(F)c(F)c3)nc3cc(-c4c(C)noc4C)ccc32)CC1. The number of aryl methyl sites for hydroxylation is 2. The van der Waals surface area contributed by atoms with E-state index in [1.807, 2.05) is 13.8 Å². The second-order valence-electron chi connectivity index (χ2n) is 10.5. The van der Waals surface area contributed by atoms with Gasteiger partial charge in [0.15, 0.2) is 11.6 Å². The average Bonchev–Trinajstić information content (AvgIpc) is 3.59. The highest BCUT2D eigenvalue weighted by molar-refractivity contribution is 5.84. The van der Waals surface area contributed by atoms with Gasteiger partial charge in [0.2, 0.25) is 0 Å². The molecule has 0 radical (unpaired) electrons. The maximum Gasteiger partial charge on any atom is 0.160 e. The van der Waals surface area contributed by atoms with Crippen molar-refractivity contribution in [2.45, 2.75) is 76.8 Å². The van der Waals surface area contributed by atoms with Crippen LogP contribution >= 0.6 is 0 Å². The lowest BCUT2D eigenvalue weighted by Gasteiger charge is -2.34. The molecule has 7 nitrogen and oxygen atoms in total. The molecule has 2 atom stereocenters. The van der Waals surface area contributed by atoms with E-state index < -0.39 is 17.9 Å². The number of methoxy groups -OCH3 is 1. The van der Waals surface area contributed by atoms with Crippen molar-refractivity contribution in [1.82, 2.24) is 14.7 Å². The first-order chi connectivity index (χ1) is 18.4. The second kappa shape index (κ2) is 9.78. The molecular weight excluding hydrogens is 490 g/mol. The highest BCUT2D eigenvalue weighted by Crippen LogP contribution is 2.43. The number of halogens is 2. The number of anilines is 1. The molecule has 9 heteroatoms. The molecule has 1 aliphatic carbocycles. The fourth-order valence-corrected chi connectivity index (χ4v) is 6.37. The fourth-order valence-electron chi connectivity index (χ4n) is 6.37. The number of ether oxygens (including phenoxy) is 1. The lowest BCUT2D eigenvalue weighted by Crippen LogP contribution is -2.33. The Hall–Kier alpha value is -3.30.